The van der Waals surface area contributed by atoms with E-state index in [0.29, 0.717) is 10.5 Å². The summed E-state index contributed by atoms with van der Waals surface area (Å²) in [6.45, 7) is 0. The molecule has 0 atom stereocenters. The zero-order valence-electron chi connectivity index (χ0n) is 10.6. The molecule has 3 rings (SSSR count). The molecule has 0 saturated heterocycles. The number of fused-ring (bicyclic) bond motifs is 1. The molecule has 1 N–H and O–H groups in total. The van der Waals surface area contributed by atoms with Crippen molar-refractivity contribution >= 4 is 29.3 Å². The molecular weight excluding hydrogens is 290 g/mol. The van der Waals surface area contributed by atoms with Gasteiger partial charge in [0.2, 0.25) is 5.78 Å². The number of nitrogens with zero attached hydrogens (tertiary/aromatic N) is 1. The lowest BCUT2D eigenvalue weighted by Crippen LogP contribution is -1.94. The van der Waals surface area contributed by atoms with E-state index in [1.54, 1.807) is 12.1 Å². The van der Waals surface area contributed by atoms with Gasteiger partial charge in [-0.05, 0) is 24.3 Å². The van der Waals surface area contributed by atoms with Gasteiger partial charge in [-0.3, -0.25) is 14.9 Å². The number of allylic oxidation sites excluding steroid dienone is 1. The predicted molar refractivity (Wildman–Crippen MR) is 79.4 cm³/mol. The summed E-state index contributed by atoms with van der Waals surface area (Å²) < 4.78 is 0. The lowest BCUT2D eigenvalue weighted by molar-refractivity contribution is -0.384. The van der Waals surface area contributed by atoms with Gasteiger partial charge in [-0.1, -0.05) is 23.9 Å². The molecule has 1 heterocycles. The van der Waals surface area contributed by atoms with Crippen molar-refractivity contribution in [3.8, 4) is 5.75 Å². The molecule has 2 aromatic rings. The van der Waals surface area contributed by atoms with Crippen LogP contribution in [0.3, 0.4) is 0 Å². The van der Waals surface area contributed by atoms with Crippen LogP contribution in [-0.4, -0.2) is 15.8 Å². The van der Waals surface area contributed by atoms with Gasteiger partial charge in [0.05, 0.1) is 9.83 Å². The molecule has 0 spiro atoms. The number of phenols is 1. The van der Waals surface area contributed by atoms with Crippen LogP contribution in [0.25, 0.3) is 6.08 Å². The van der Waals surface area contributed by atoms with Crippen LogP contribution >= 0.6 is 11.8 Å². The predicted octanol–water partition coefficient (Wildman–Crippen LogP) is 3.63. The van der Waals surface area contributed by atoms with Crippen LogP contribution in [0.1, 0.15) is 15.9 Å². The Kier molecular flexibility index (Phi) is 3.23. The fourth-order valence-corrected chi connectivity index (χ4v) is 3.09. The molecule has 0 fully saturated rings. The van der Waals surface area contributed by atoms with Gasteiger partial charge in [0.25, 0.3) is 5.69 Å². The van der Waals surface area contributed by atoms with E-state index in [0.717, 1.165) is 4.90 Å². The minimum atomic E-state index is -0.542. The highest BCUT2D eigenvalue weighted by Gasteiger charge is 2.25. The highest BCUT2D eigenvalue weighted by molar-refractivity contribution is 8.04. The smallest absolute Gasteiger partial charge is 0.270 e. The van der Waals surface area contributed by atoms with Crippen molar-refractivity contribution in [3.63, 3.8) is 0 Å². The fourth-order valence-electron chi connectivity index (χ4n) is 2.05. The van der Waals surface area contributed by atoms with Crippen LogP contribution in [-0.2, 0) is 0 Å². The number of carbonyl (C=O) groups is 1. The number of nitro benzene ring substituents is 1. The van der Waals surface area contributed by atoms with E-state index in [1.165, 1.54) is 36.0 Å². The van der Waals surface area contributed by atoms with Gasteiger partial charge in [0.15, 0.2) is 0 Å². The summed E-state index contributed by atoms with van der Waals surface area (Å²) in [4.78, 5) is 23.7. The quantitative estimate of drug-likeness (QED) is 0.520. The molecule has 0 aromatic heterocycles. The van der Waals surface area contributed by atoms with E-state index in [-0.39, 0.29) is 22.8 Å². The molecule has 21 heavy (non-hydrogen) atoms. The molecule has 6 heteroatoms. The number of hydrogen-bond acceptors (Lipinski definition) is 5. The van der Waals surface area contributed by atoms with Crippen molar-refractivity contribution in [3.05, 3.63) is 68.6 Å². The van der Waals surface area contributed by atoms with Crippen molar-refractivity contribution in [2.75, 3.05) is 0 Å². The van der Waals surface area contributed by atoms with Crippen LogP contribution < -0.4 is 0 Å². The van der Waals surface area contributed by atoms with Gasteiger partial charge in [0, 0.05) is 28.2 Å². The maximum absolute atomic E-state index is 12.2. The molecule has 0 aliphatic carbocycles. The van der Waals surface area contributed by atoms with Gasteiger partial charge in [-0.15, -0.1) is 0 Å². The van der Waals surface area contributed by atoms with E-state index in [4.69, 9.17) is 0 Å². The lowest BCUT2D eigenvalue weighted by Gasteiger charge is -2.00. The number of phenolic OH excluding ortho intramolecular Hbond substituents is 1. The molecule has 104 valence electrons. The first-order valence-corrected chi connectivity index (χ1v) is 6.88. The number of ketones is 1. The highest BCUT2D eigenvalue weighted by atomic mass is 32.2. The first kappa shape index (κ1) is 13.4. The number of thioether (sulfide) groups is 1. The van der Waals surface area contributed by atoms with Gasteiger partial charge >= 0.3 is 0 Å². The zero-order valence-corrected chi connectivity index (χ0v) is 11.5. The van der Waals surface area contributed by atoms with Crippen LogP contribution in [0.2, 0.25) is 0 Å². The number of carbonyl (C=O) groups excluding carboxylic acids is 1. The molecule has 0 unspecified atom stereocenters. The van der Waals surface area contributed by atoms with Crippen molar-refractivity contribution in [2.45, 2.75) is 4.90 Å². The number of rotatable bonds is 2. The minimum absolute atomic E-state index is 0.0996. The van der Waals surface area contributed by atoms with E-state index in [1.807, 2.05) is 12.1 Å². The van der Waals surface area contributed by atoms with E-state index >= 15 is 0 Å². The maximum atomic E-state index is 12.2. The average molecular weight is 299 g/mol. The van der Waals surface area contributed by atoms with Crippen molar-refractivity contribution < 1.29 is 14.8 Å². The van der Waals surface area contributed by atoms with Gasteiger partial charge in [-0.25, -0.2) is 0 Å². The summed E-state index contributed by atoms with van der Waals surface area (Å²) in [5.74, 6) is -0.237. The Morgan fingerprint density at radius 3 is 2.67 bits per heavy atom. The molecule has 0 amide bonds. The van der Waals surface area contributed by atoms with Crippen LogP contribution in [0.4, 0.5) is 5.69 Å². The fraction of sp³-hybridized carbons (Fsp3) is 0. The monoisotopic (exact) mass is 299 g/mol. The second kappa shape index (κ2) is 5.06. The summed E-state index contributed by atoms with van der Waals surface area (Å²) in [7, 11) is 0. The third-order valence-corrected chi connectivity index (χ3v) is 4.18. The molecule has 0 saturated carbocycles. The summed E-state index contributed by atoms with van der Waals surface area (Å²) in [6.07, 6.45) is 1.48. The third kappa shape index (κ3) is 2.41. The second-order valence-electron chi connectivity index (χ2n) is 4.44. The van der Waals surface area contributed by atoms with Gasteiger partial charge < -0.3 is 5.11 Å². The first-order valence-electron chi connectivity index (χ1n) is 6.07. The normalized spacial score (nSPS) is 15.2. The molecule has 0 bridgehead atoms. The van der Waals surface area contributed by atoms with E-state index in [9.17, 15) is 20.0 Å². The molecular formula is C15H9NO4S. The number of benzene rings is 2. The van der Waals surface area contributed by atoms with Crippen LogP contribution in [0.15, 0.2) is 52.3 Å². The van der Waals surface area contributed by atoms with Crippen molar-refractivity contribution in [1.29, 1.82) is 0 Å². The summed E-state index contributed by atoms with van der Waals surface area (Å²) in [5, 5.41) is 20.6. The van der Waals surface area contributed by atoms with Crippen LogP contribution in [0, 0.1) is 10.1 Å². The Bertz CT molecular complexity index is 798. The summed E-state index contributed by atoms with van der Waals surface area (Å²) >= 11 is 1.29. The zero-order chi connectivity index (χ0) is 15.0. The second-order valence-corrected chi connectivity index (χ2v) is 5.52. The van der Waals surface area contributed by atoms with Crippen molar-refractivity contribution in [1.82, 2.24) is 0 Å². The van der Waals surface area contributed by atoms with Crippen LogP contribution in [0.5, 0.6) is 5.75 Å². The van der Waals surface area contributed by atoms with Crippen molar-refractivity contribution in [2.24, 2.45) is 0 Å². The highest BCUT2D eigenvalue weighted by Crippen LogP contribution is 2.41. The van der Waals surface area contributed by atoms with Gasteiger partial charge in [-0.2, -0.15) is 0 Å². The standard InChI is InChI=1S/C15H9NO4S/c17-12-6-5-10(16(19)20)7-9(12)8-14-15(18)11-3-1-2-4-13(11)21-14/h1-8,17H. The molecule has 0 radical (unpaired) electrons. The largest absolute Gasteiger partial charge is 0.507 e. The SMILES string of the molecule is O=C1C(=Cc2cc([N+](=O)[O-])ccc2O)Sc2ccccc21. The number of hydrogen-bond donors (Lipinski definition) is 1. The number of aromatic hydroxyl groups is 1. The third-order valence-electron chi connectivity index (χ3n) is 3.08. The first-order chi connectivity index (χ1) is 10.1. The molecule has 1 aliphatic rings. The minimum Gasteiger partial charge on any atom is -0.507 e. The van der Waals surface area contributed by atoms with Gasteiger partial charge in [0.1, 0.15) is 5.75 Å². The molecule has 5 nitrogen and oxygen atoms in total. The molecule has 2 aromatic carbocycles. The number of nitro groups is 1. The summed E-state index contributed by atoms with van der Waals surface area (Å²) in [5.41, 5.74) is 0.735. The Morgan fingerprint density at radius 2 is 1.95 bits per heavy atom. The summed E-state index contributed by atoms with van der Waals surface area (Å²) in [6, 6.07) is 10.9. The van der Waals surface area contributed by atoms with E-state index in [2.05, 4.69) is 0 Å². The average Bonchev–Trinajstić information content (AvgIpc) is 2.78. The molecule has 1 aliphatic heterocycles. The Labute approximate surface area is 124 Å². The Balaban J connectivity index is 2.03. The lowest BCUT2D eigenvalue weighted by atomic mass is 10.1. The Hall–Kier alpha value is -2.60. The topological polar surface area (TPSA) is 80.4 Å². The number of Topliss-reactive ketones (excluding diaryl/α,β-unsaturated/α-hetero) is 1. The Morgan fingerprint density at radius 1 is 1.19 bits per heavy atom. The maximum Gasteiger partial charge on any atom is 0.270 e. The van der Waals surface area contributed by atoms with E-state index < -0.39 is 4.92 Å². The number of non-ortho nitro benzene ring substituents is 1.